The first-order chi connectivity index (χ1) is 11.2. The second-order valence-corrected chi connectivity index (χ2v) is 6.29. The Bertz CT molecular complexity index is 634. The molecule has 0 spiro atoms. The van der Waals surface area contributed by atoms with E-state index in [1.54, 1.807) is 0 Å². The molecule has 5 nitrogen and oxygen atoms in total. The van der Waals surface area contributed by atoms with Gasteiger partial charge in [-0.25, -0.2) is 9.97 Å². The van der Waals surface area contributed by atoms with Gasteiger partial charge >= 0.3 is 0 Å². The highest BCUT2D eigenvalue weighted by atomic mass is 35.5. The first kappa shape index (κ1) is 16.0. The fraction of sp³-hybridized carbons (Fsp3) is 0.412. The van der Waals surface area contributed by atoms with Crippen molar-refractivity contribution in [2.45, 2.75) is 31.8 Å². The zero-order valence-corrected chi connectivity index (χ0v) is 13.8. The summed E-state index contributed by atoms with van der Waals surface area (Å²) in [7, 11) is 0. The molecule has 0 amide bonds. The Balaban J connectivity index is 1.63. The van der Waals surface area contributed by atoms with Crippen LogP contribution in [0.5, 0.6) is 0 Å². The molecule has 1 aliphatic rings. The number of halogens is 1. The zero-order chi connectivity index (χ0) is 16.1. The molecule has 6 heteroatoms. The van der Waals surface area contributed by atoms with E-state index in [1.165, 1.54) is 31.2 Å². The minimum atomic E-state index is 0.314. The normalized spacial score (nSPS) is 18.7. The van der Waals surface area contributed by atoms with Gasteiger partial charge in [-0.1, -0.05) is 48.4 Å². The van der Waals surface area contributed by atoms with Crippen LogP contribution in [0.25, 0.3) is 0 Å². The molecule has 23 heavy (non-hydrogen) atoms. The lowest BCUT2D eigenvalue weighted by Gasteiger charge is -2.36. The molecule has 1 aromatic carbocycles. The van der Waals surface area contributed by atoms with E-state index in [1.807, 2.05) is 0 Å². The van der Waals surface area contributed by atoms with Gasteiger partial charge in [0.05, 0.1) is 0 Å². The largest absolute Gasteiger partial charge is 0.382 e. The molecule has 1 aromatic heterocycles. The summed E-state index contributed by atoms with van der Waals surface area (Å²) in [6.07, 6.45) is 5.13. The van der Waals surface area contributed by atoms with Crippen molar-refractivity contribution < 1.29 is 0 Å². The van der Waals surface area contributed by atoms with E-state index in [0.29, 0.717) is 22.7 Å². The number of rotatable bonds is 5. The molecule has 1 fully saturated rings. The van der Waals surface area contributed by atoms with Gasteiger partial charge in [0, 0.05) is 19.1 Å². The number of nitrogen functional groups attached to an aromatic ring is 1. The van der Waals surface area contributed by atoms with Gasteiger partial charge in [-0.05, 0) is 24.9 Å². The Labute approximate surface area is 141 Å². The summed E-state index contributed by atoms with van der Waals surface area (Å²) in [6, 6.07) is 11.1. The number of piperidine rings is 1. The molecular weight excluding hydrogens is 310 g/mol. The third-order valence-electron chi connectivity index (χ3n) is 4.30. The molecule has 0 bridgehead atoms. The highest BCUT2D eigenvalue weighted by Gasteiger charge is 2.22. The average Bonchev–Trinajstić information content (AvgIpc) is 2.58. The van der Waals surface area contributed by atoms with Crippen LogP contribution in [-0.2, 0) is 6.54 Å². The number of aromatic nitrogens is 2. The number of hydrogen-bond acceptors (Lipinski definition) is 5. The highest BCUT2D eigenvalue weighted by Crippen LogP contribution is 2.25. The molecule has 1 unspecified atom stereocenters. The van der Waals surface area contributed by atoms with Crippen LogP contribution >= 0.6 is 11.6 Å². The number of nitrogens with one attached hydrogen (secondary N) is 1. The molecular formula is C17H22ClN5. The fourth-order valence-electron chi connectivity index (χ4n) is 3.04. The Kier molecular flexibility index (Phi) is 5.31. The molecule has 0 aliphatic carbocycles. The van der Waals surface area contributed by atoms with Crippen molar-refractivity contribution in [2.75, 3.05) is 24.1 Å². The molecule has 122 valence electrons. The Morgan fingerprint density at radius 2 is 2.04 bits per heavy atom. The summed E-state index contributed by atoms with van der Waals surface area (Å²) in [5, 5.41) is 3.74. The van der Waals surface area contributed by atoms with Crippen molar-refractivity contribution in [3.05, 3.63) is 47.2 Å². The minimum Gasteiger partial charge on any atom is -0.382 e. The minimum absolute atomic E-state index is 0.314. The fourth-order valence-corrected chi connectivity index (χ4v) is 3.20. The molecule has 2 heterocycles. The van der Waals surface area contributed by atoms with Crippen LogP contribution in [-0.4, -0.2) is 34.0 Å². The maximum absolute atomic E-state index is 6.15. The van der Waals surface area contributed by atoms with Gasteiger partial charge in [-0.3, -0.25) is 4.90 Å². The van der Waals surface area contributed by atoms with E-state index in [0.717, 1.165) is 19.6 Å². The van der Waals surface area contributed by atoms with Gasteiger partial charge in [-0.2, -0.15) is 0 Å². The Morgan fingerprint density at radius 3 is 2.87 bits per heavy atom. The van der Waals surface area contributed by atoms with Gasteiger partial charge in [-0.15, -0.1) is 0 Å². The van der Waals surface area contributed by atoms with Crippen LogP contribution < -0.4 is 11.1 Å². The Morgan fingerprint density at radius 1 is 1.22 bits per heavy atom. The summed E-state index contributed by atoms with van der Waals surface area (Å²) in [6.45, 7) is 2.91. The summed E-state index contributed by atoms with van der Waals surface area (Å²) in [4.78, 5) is 10.6. The predicted octanol–water partition coefficient (Wildman–Crippen LogP) is 3.18. The molecule has 0 saturated carbocycles. The van der Waals surface area contributed by atoms with Gasteiger partial charge in [0.1, 0.15) is 17.2 Å². The molecule has 0 radical (unpaired) electrons. The molecule has 1 atom stereocenters. The highest BCUT2D eigenvalue weighted by molar-refractivity contribution is 6.35. The van der Waals surface area contributed by atoms with E-state index in [4.69, 9.17) is 17.3 Å². The van der Waals surface area contributed by atoms with Gasteiger partial charge < -0.3 is 11.1 Å². The van der Waals surface area contributed by atoms with Crippen molar-refractivity contribution in [2.24, 2.45) is 0 Å². The van der Waals surface area contributed by atoms with E-state index < -0.39 is 0 Å². The summed E-state index contributed by atoms with van der Waals surface area (Å²) >= 11 is 6.15. The second kappa shape index (κ2) is 7.62. The maximum atomic E-state index is 6.15. The zero-order valence-electron chi connectivity index (χ0n) is 13.1. The molecule has 1 aliphatic heterocycles. The maximum Gasteiger partial charge on any atom is 0.150 e. The van der Waals surface area contributed by atoms with Gasteiger partial charge in [0.25, 0.3) is 0 Å². The van der Waals surface area contributed by atoms with Crippen LogP contribution in [0.4, 0.5) is 11.6 Å². The van der Waals surface area contributed by atoms with Gasteiger partial charge in [0.15, 0.2) is 5.82 Å². The summed E-state index contributed by atoms with van der Waals surface area (Å²) in [5.41, 5.74) is 7.08. The topological polar surface area (TPSA) is 67.1 Å². The summed E-state index contributed by atoms with van der Waals surface area (Å²) < 4.78 is 0. The van der Waals surface area contributed by atoms with Gasteiger partial charge in [0.2, 0.25) is 0 Å². The lowest BCUT2D eigenvalue weighted by Crippen LogP contribution is -2.43. The summed E-state index contributed by atoms with van der Waals surface area (Å²) in [5.74, 6) is 0.929. The number of nitrogens with two attached hydrogens (primary N) is 1. The number of benzene rings is 1. The second-order valence-electron chi connectivity index (χ2n) is 5.91. The van der Waals surface area contributed by atoms with Crippen LogP contribution in [0.15, 0.2) is 36.7 Å². The first-order valence-corrected chi connectivity index (χ1v) is 8.39. The molecule has 1 saturated heterocycles. The van der Waals surface area contributed by atoms with Crippen LogP contribution in [0.3, 0.4) is 0 Å². The van der Waals surface area contributed by atoms with Crippen LogP contribution in [0, 0.1) is 0 Å². The lowest BCUT2D eigenvalue weighted by molar-refractivity contribution is 0.148. The van der Waals surface area contributed by atoms with E-state index >= 15 is 0 Å². The van der Waals surface area contributed by atoms with Crippen molar-refractivity contribution >= 4 is 23.2 Å². The number of likely N-dealkylation sites (tertiary alicyclic amines) is 1. The molecule has 3 N–H and O–H groups in total. The number of hydrogen-bond donors (Lipinski definition) is 2. The van der Waals surface area contributed by atoms with Crippen LogP contribution in [0.1, 0.15) is 24.8 Å². The number of nitrogens with zero attached hydrogens (tertiary/aromatic N) is 3. The Hall–Kier alpha value is -1.85. The molecule has 2 aromatic rings. The quantitative estimate of drug-likeness (QED) is 0.880. The smallest absolute Gasteiger partial charge is 0.150 e. The lowest BCUT2D eigenvalue weighted by atomic mass is 10.0. The van der Waals surface area contributed by atoms with E-state index in [-0.39, 0.29) is 0 Å². The van der Waals surface area contributed by atoms with Crippen molar-refractivity contribution in [3.63, 3.8) is 0 Å². The van der Waals surface area contributed by atoms with Crippen molar-refractivity contribution in [3.8, 4) is 0 Å². The van der Waals surface area contributed by atoms with Crippen molar-refractivity contribution in [1.82, 2.24) is 14.9 Å². The number of anilines is 2. The third kappa shape index (κ3) is 4.12. The SMILES string of the molecule is Nc1ncnc(NCC2CCCCN2Cc2ccccc2)c1Cl. The third-order valence-corrected chi connectivity index (χ3v) is 4.67. The standard InChI is InChI=1S/C17H22ClN5/c18-15-16(19)21-12-22-17(15)20-10-14-8-4-5-9-23(14)11-13-6-2-1-3-7-13/h1-3,6-7,12,14H,4-5,8-11H2,(H3,19,20,21,22). The van der Waals surface area contributed by atoms with Crippen molar-refractivity contribution in [1.29, 1.82) is 0 Å². The first-order valence-electron chi connectivity index (χ1n) is 8.02. The van der Waals surface area contributed by atoms with E-state index in [2.05, 4.69) is 50.5 Å². The monoisotopic (exact) mass is 331 g/mol. The van der Waals surface area contributed by atoms with E-state index in [9.17, 15) is 0 Å². The van der Waals surface area contributed by atoms with Crippen LogP contribution in [0.2, 0.25) is 5.02 Å². The average molecular weight is 332 g/mol. The predicted molar refractivity (Wildman–Crippen MR) is 94.4 cm³/mol. The molecule has 3 rings (SSSR count).